The third-order valence-electron chi connectivity index (χ3n) is 4.71. The highest BCUT2D eigenvalue weighted by molar-refractivity contribution is 8.19. The number of carbonyl (C=O) groups is 1. The minimum Gasteiger partial charge on any atom is -0.268 e. The first-order chi connectivity index (χ1) is 14.8. The summed E-state index contributed by atoms with van der Waals surface area (Å²) in [6.45, 7) is 0. The Balaban J connectivity index is 1.57. The minimum atomic E-state index is -0.0889. The van der Waals surface area contributed by atoms with E-state index >= 15 is 0 Å². The summed E-state index contributed by atoms with van der Waals surface area (Å²) >= 11 is 1.38. The molecule has 30 heavy (non-hydrogen) atoms. The van der Waals surface area contributed by atoms with Crippen molar-refractivity contribution in [3.05, 3.63) is 108 Å². The standard InChI is InChI=1S/C25H17N3OS/c29-24-23(16-18-15-19-9-7-8-14-22(19)26-17-18)30-25(27-20-10-3-1-4-11-20)28(24)21-12-5-2-6-13-21/h1-17H/b23-16+,27-25?. The van der Waals surface area contributed by atoms with Crippen LogP contribution in [0.2, 0.25) is 0 Å². The van der Waals surface area contributed by atoms with Crippen molar-refractivity contribution < 1.29 is 4.79 Å². The van der Waals surface area contributed by atoms with E-state index in [0.29, 0.717) is 10.1 Å². The number of hydrogen-bond donors (Lipinski definition) is 0. The average Bonchev–Trinajstić information content (AvgIpc) is 3.09. The number of hydrogen-bond acceptors (Lipinski definition) is 4. The Labute approximate surface area is 178 Å². The molecular formula is C25H17N3OS. The zero-order valence-electron chi connectivity index (χ0n) is 16.0. The van der Waals surface area contributed by atoms with E-state index < -0.39 is 0 Å². The van der Waals surface area contributed by atoms with E-state index in [2.05, 4.69) is 4.98 Å². The van der Waals surface area contributed by atoms with Crippen molar-refractivity contribution >= 4 is 51.2 Å². The largest absolute Gasteiger partial charge is 0.271 e. The fraction of sp³-hybridized carbons (Fsp3) is 0. The Hall–Kier alpha value is -3.70. The molecule has 144 valence electrons. The fourth-order valence-electron chi connectivity index (χ4n) is 3.28. The van der Waals surface area contributed by atoms with Crippen LogP contribution in [0.4, 0.5) is 11.4 Å². The molecule has 2 heterocycles. The van der Waals surface area contributed by atoms with Crippen LogP contribution in [0.3, 0.4) is 0 Å². The van der Waals surface area contributed by atoms with Crippen LogP contribution < -0.4 is 4.90 Å². The molecule has 0 aliphatic carbocycles. The van der Waals surface area contributed by atoms with Crippen molar-refractivity contribution in [3.8, 4) is 0 Å². The smallest absolute Gasteiger partial charge is 0.268 e. The molecule has 1 aromatic heterocycles. The first-order valence-electron chi connectivity index (χ1n) is 9.55. The van der Waals surface area contributed by atoms with E-state index in [4.69, 9.17) is 4.99 Å². The van der Waals surface area contributed by atoms with Crippen molar-refractivity contribution in [2.24, 2.45) is 4.99 Å². The predicted octanol–water partition coefficient (Wildman–Crippen LogP) is 6.04. The molecule has 1 aliphatic rings. The second kappa shape index (κ2) is 7.97. The van der Waals surface area contributed by atoms with Gasteiger partial charge in [-0.15, -0.1) is 0 Å². The third kappa shape index (κ3) is 3.63. The van der Waals surface area contributed by atoms with Gasteiger partial charge in [-0.2, -0.15) is 0 Å². The number of aromatic nitrogens is 1. The fourth-order valence-corrected chi connectivity index (χ4v) is 4.29. The highest BCUT2D eigenvalue weighted by Crippen LogP contribution is 2.37. The average molecular weight is 407 g/mol. The zero-order valence-corrected chi connectivity index (χ0v) is 16.8. The number of carbonyl (C=O) groups excluding carboxylic acids is 1. The molecule has 0 atom stereocenters. The lowest BCUT2D eigenvalue weighted by molar-refractivity contribution is -0.113. The van der Waals surface area contributed by atoms with Crippen molar-refractivity contribution in [1.29, 1.82) is 0 Å². The van der Waals surface area contributed by atoms with E-state index in [1.165, 1.54) is 11.8 Å². The lowest BCUT2D eigenvalue weighted by atomic mass is 10.1. The van der Waals surface area contributed by atoms with E-state index in [1.807, 2.05) is 97.1 Å². The first kappa shape index (κ1) is 18.3. The molecule has 5 heteroatoms. The van der Waals surface area contributed by atoms with E-state index in [0.717, 1.165) is 27.8 Å². The van der Waals surface area contributed by atoms with Gasteiger partial charge in [0.15, 0.2) is 5.17 Å². The molecule has 1 aliphatic heterocycles. The molecule has 0 unspecified atom stereocenters. The molecule has 4 nitrogen and oxygen atoms in total. The third-order valence-corrected chi connectivity index (χ3v) is 5.68. The Morgan fingerprint density at radius 2 is 1.57 bits per heavy atom. The monoisotopic (exact) mass is 407 g/mol. The van der Waals surface area contributed by atoms with Gasteiger partial charge in [0.1, 0.15) is 0 Å². The van der Waals surface area contributed by atoms with E-state index in [-0.39, 0.29) is 5.91 Å². The van der Waals surface area contributed by atoms with Gasteiger partial charge in [0, 0.05) is 11.6 Å². The predicted molar refractivity (Wildman–Crippen MR) is 125 cm³/mol. The van der Waals surface area contributed by atoms with Gasteiger partial charge < -0.3 is 0 Å². The van der Waals surface area contributed by atoms with Crippen LogP contribution >= 0.6 is 11.8 Å². The van der Waals surface area contributed by atoms with Gasteiger partial charge in [0.25, 0.3) is 5.91 Å². The molecule has 0 radical (unpaired) electrons. The number of amides is 1. The van der Waals surface area contributed by atoms with Crippen LogP contribution in [0.25, 0.3) is 17.0 Å². The molecule has 4 aromatic rings. The SMILES string of the molecule is O=C1/C(=C\c2cnc3ccccc3c2)SC(=Nc2ccccc2)N1c1ccccc1. The number of amidine groups is 1. The maximum Gasteiger partial charge on any atom is 0.271 e. The highest BCUT2D eigenvalue weighted by atomic mass is 32.2. The molecule has 3 aromatic carbocycles. The number of benzene rings is 3. The van der Waals surface area contributed by atoms with Crippen LogP contribution in [-0.2, 0) is 4.79 Å². The van der Waals surface area contributed by atoms with Gasteiger partial charge in [-0.1, -0.05) is 54.6 Å². The van der Waals surface area contributed by atoms with Crippen LogP contribution in [0.15, 0.2) is 107 Å². The molecule has 5 rings (SSSR count). The molecular weight excluding hydrogens is 390 g/mol. The summed E-state index contributed by atoms with van der Waals surface area (Å²) in [4.78, 5) is 24.8. The number of rotatable bonds is 3. The van der Waals surface area contributed by atoms with Crippen molar-refractivity contribution in [2.45, 2.75) is 0 Å². The Morgan fingerprint density at radius 1 is 0.867 bits per heavy atom. The number of fused-ring (bicyclic) bond motifs is 1. The Morgan fingerprint density at radius 3 is 2.37 bits per heavy atom. The molecule has 0 bridgehead atoms. The first-order valence-corrected chi connectivity index (χ1v) is 10.4. The van der Waals surface area contributed by atoms with Crippen LogP contribution in [0.1, 0.15) is 5.56 Å². The second-order valence-corrected chi connectivity index (χ2v) is 7.79. The lowest BCUT2D eigenvalue weighted by Gasteiger charge is -2.15. The zero-order chi connectivity index (χ0) is 20.3. The van der Waals surface area contributed by atoms with Crippen molar-refractivity contribution in [1.82, 2.24) is 4.98 Å². The molecule has 1 saturated heterocycles. The van der Waals surface area contributed by atoms with E-state index in [9.17, 15) is 4.79 Å². The molecule has 0 spiro atoms. The molecule has 0 saturated carbocycles. The van der Waals surface area contributed by atoms with Crippen molar-refractivity contribution in [2.75, 3.05) is 4.90 Å². The summed E-state index contributed by atoms with van der Waals surface area (Å²) in [6.07, 6.45) is 3.68. The summed E-state index contributed by atoms with van der Waals surface area (Å²) in [5, 5.41) is 1.68. The number of anilines is 1. The minimum absolute atomic E-state index is 0.0889. The lowest BCUT2D eigenvalue weighted by Crippen LogP contribution is -2.28. The van der Waals surface area contributed by atoms with Gasteiger partial charge in [0.2, 0.25) is 0 Å². The Kier molecular flexibility index (Phi) is 4.87. The topological polar surface area (TPSA) is 45.6 Å². The quantitative estimate of drug-likeness (QED) is 0.389. The summed E-state index contributed by atoms with van der Waals surface area (Å²) in [7, 11) is 0. The number of para-hydroxylation sites is 3. The molecule has 0 N–H and O–H groups in total. The summed E-state index contributed by atoms with van der Waals surface area (Å²) < 4.78 is 0. The van der Waals surface area contributed by atoms with Crippen LogP contribution in [0.5, 0.6) is 0 Å². The van der Waals surface area contributed by atoms with Crippen molar-refractivity contribution in [3.63, 3.8) is 0 Å². The van der Waals surface area contributed by atoms with E-state index in [1.54, 1.807) is 11.1 Å². The number of aliphatic imine (C=N–C) groups is 1. The maximum absolute atomic E-state index is 13.3. The van der Waals surface area contributed by atoms with Gasteiger partial charge in [0.05, 0.1) is 21.8 Å². The van der Waals surface area contributed by atoms with Gasteiger partial charge >= 0.3 is 0 Å². The van der Waals surface area contributed by atoms with Crippen LogP contribution in [0, 0.1) is 0 Å². The van der Waals surface area contributed by atoms with Gasteiger partial charge in [-0.25, -0.2) is 4.99 Å². The highest BCUT2D eigenvalue weighted by Gasteiger charge is 2.34. The number of nitrogens with zero attached hydrogens (tertiary/aromatic N) is 3. The summed E-state index contributed by atoms with van der Waals surface area (Å²) in [5.41, 5.74) is 3.42. The Bertz CT molecular complexity index is 1280. The summed E-state index contributed by atoms with van der Waals surface area (Å²) in [5.74, 6) is -0.0889. The summed E-state index contributed by atoms with van der Waals surface area (Å²) in [6, 6.07) is 29.3. The van der Waals surface area contributed by atoms with Gasteiger partial charge in [-0.3, -0.25) is 14.7 Å². The van der Waals surface area contributed by atoms with Gasteiger partial charge in [-0.05, 0) is 59.8 Å². The second-order valence-electron chi connectivity index (χ2n) is 6.78. The maximum atomic E-state index is 13.3. The van der Waals surface area contributed by atoms with Crippen LogP contribution in [-0.4, -0.2) is 16.1 Å². The molecule has 1 amide bonds. The number of thioether (sulfide) groups is 1. The molecule has 1 fully saturated rings. The normalized spacial score (nSPS) is 16.7. The number of pyridine rings is 1.